The molecule has 1 unspecified atom stereocenters. The van der Waals surface area contributed by atoms with Gasteiger partial charge in [-0.15, -0.1) is 11.6 Å². The molecule has 0 radical (unpaired) electrons. The Hall–Kier alpha value is -0.760. The molecule has 1 aromatic carbocycles. The Labute approximate surface area is 82.5 Å². The summed E-state index contributed by atoms with van der Waals surface area (Å²) in [4.78, 5) is 0. The molecular formula is C10H12ClFO. The molecule has 0 spiro atoms. The van der Waals surface area contributed by atoms with Crippen molar-refractivity contribution in [3.8, 4) is 5.75 Å². The van der Waals surface area contributed by atoms with Crippen LogP contribution in [0.3, 0.4) is 0 Å². The van der Waals surface area contributed by atoms with E-state index in [1.807, 2.05) is 6.92 Å². The first-order valence-electron chi connectivity index (χ1n) is 4.17. The molecule has 1 nitrogen and oxygen atoms in total. The molecule has 13 heavy (non-hydrogen) atoms. The lowest BCUT2D eigenvalue weighted by atomic mass is 10.1. The first-order chi connectivity index (χ1) is 6.20. The Bertz CT molecular complexity index is 288. The zero-order valence-corrected chi connectivity index (χ0v) is 8.44. The van der Waals surface area contributed by atoms with Gasteiger partial charge in [-0.1, -0.05) is 19.1 Å². The third-order valence-corrected chi connectivity index (χ3v) is 2.45. The number of ether oxygens (including phenoxy) is 1. The third-order valence-electron chi connectivity index (χ3n) is 1.91. The molecule has 0 aliphatic heterocycles. The van der Waals surface area contributed by atoms with Gasteiger partial charge in [-0.3, -0.25) is 0 Å². The van der Waals surface area contributed by atoms with E-state index >= 15 is 0 Å². The van der Waals surface area contributed by atoms with Crippen LogP contribution in [-0.4, -0.2) is 7.11 Å². The topological polar surface area (TPSA) is 9.23 Å². The predicted octanol–water partition coefficient (Wildman–Crippen LogP) is 3.52. The number of methoxy groups -OCH3 is 1. The van der Waals surface area contributed by atoms with Crippen molar-refractivity contribution in [2.24, 2.45) is 0 Å². The third kappa shape index (κ3) is 2.13. The summed E-state index contributed by atoms with van der Waals surface area (Å²) in [7, 11) is 1.44. The maximum absolute atomic E-state index is 13.5. The van der Waals surface area contributed by atoms with Gasteiger partial charge < -0.3 is 4.74 Å². The van der Waals surface area contributed by atoms with E-state index in [9.17, 15) is 4.39 Å². The highest BCUT2D eigenvalue weighted by atomic mass is 35.5. The molecule has 0 heterocycles. The van der Waals surface area contributed by atoms with Gasteiger partial charge in [0.05, 0.1) is 12.5 Å². The Morgan fingerprint density at radius 3 is 2.77 bits per heavy atom. The van der Waals surface area contributed by atoms with Crippen LogP contribution >= 0.6 is 11.6 Å². The Morgan fingerprint density at radius 2 is 2.23 bits per heavy atom. The van der Waals surface area contributed by atoms with E-state index in [0.717, 1.165) is 0 Å². The van der Waals surface area contributed by atoms with E-state index in [0.29, 0.717) is 12.0 Å². The summed E-state index contributed by atoms with van der Waals surface area (Å²) >= 11 is 5.93. The van der Waals surface area contributed by atoms with Crippen LogP contribution in [0.25, 0.3) is 0 Å². The van der Waals surface area contributed by atoms with Crippen LogP contribution < -0.4 is 4.74 Å². The van der Waals surface area contributed by atoms with Crippen LogP contribution in [0.2, 0.25) is 0 Å². The largest absolute Gasteiger partial charge is 0.494 e. The van der Waals surface area contributed by atoms with Crippen molar-refractivity contribution in [3.05, 3.63) is 29.6 Å². The van der Waals surface area contributed by atoms with Gasteiger partial charge in [0.2, 0.25) is 0 Å². The second-order valence-electron chi connectivity index (χ2n) is 2.74. The standard InChI is InChI=1S/C10H12ClFO/c1-3-8(11)7-5-4-6-9(13-2)10(7)12/h4-6,8H,3H2,1-2H3. The van der Waals surface area contributed by atoms with Gasteiger partial charge in [-0.2, -0.15) is 0 Å². The minimum atomic E-state index is -0.355. The lowest BCUT2D eigenvalue weighted by Gasteiger charge is -2.10. The molecule has 3 heteroatoms. The Kier molecular flexibility index (Phi) is 3.55. The predicted molar refractivity (Wildman–Crippen MR) is 51.8 cm³/mol. The number of benzene rings is 1. The highest BCUT2D eigenvalue weighted by molar-refractivity contribution is 6.20. The van der Waals surface area contributed by atoms with E-state index in [-0.39, 0.29) is 16.9 Å². The fourth-order valence-electron chi connectivity index (χ4n) is 1.15. The van der Waals surface area contributed by atoms with E-state index in [1.165, 1.54) is 7.11 Å². The van der Waals surface area contributed by atoms with Gasteiger partial charge in [0.15, 0.2) is 11.6 Å². The molecule has 0 amide bonds. The molecule has 72 valence electrons. The zero-order valence-electron chi connectivity index (χ0n) is 7.68. The van der Waals surface area contributed by atoms with Crippen molar-refractivity contribution < 1.29 is 9.13 Å². The molecule has 0 aliphatic rings. The van der Waals surface area contributed by atoms with Crippen molar-refractivity contribution in [3.63, 3.8) is 0 Å². The molecule has 0 saturated heterocycles. The number of hydrogen-bond acceptors (Lipinski definition) is 1. The number of halogens is 2. The molecular weight excluding hydrogens is 191 g/mol. The lowest BCUT2D eigenvalue weighted by molar-refractivity contribution is 0.384. The minimum Gasteiger partial charge on any atom is -0.494 e. The Balaban J connectivity index is 3.08. The van der Waals surface area contributed by atoms with E-state index in [4.69, 9.17) is 16.3 Å². The van der Waals surface area contributed by atoms with Crippen LogP contribution in [-0.2, 0) is 0 Å². The molecule has 0 saturated carbocycles. The maximum Gasteiger partial charge on any atom is 0.169 e. The fourth-order valence-corrected chi connectivity index (χ4v) is 1.32. The molecule has 1 aromatic rings. The molecule has 0 fully saturated rings. The summed E-state index contributed by atoms with van der Waals surface area (Å²) in [5.74, 6) is -0.108. The van der Waals surface area contributed by atoms with Gasteiger partial charge >= 0.3 is 0 Å². The van der Waals surface area contributed by atoms with Crippen LogP contribution in [0, 0.1) is 5.82 Å². The monoisotopic (exact) mass is 202 g/mol. The van der Waals surface area contributed by atoms with Gasteiger partial charge in [0.25, 0.3) is 0 Å². The normalized spacial score (nSPS) is 12.6. The summed E-state index contributed by atoms with van der Waals surface area (Å²) in [5.41, 5.74) is 0.503. The summed E-state index contributed by atoms with van der Waals surface area (Å²) in [6.45, 7) is 1.91. The quantitative estimate of drug-likeness (QED) is 0.682. The summed E-state index contributed by atoms with van der Waals surface area (Å²) < 4.78 is 18.3. The maximum atomic E-state index is 13.5. The summed E-state index contributed by atoms with van der Waals surface area (Å²) in [6, 6.07) is 5.00. The van der Waals surface area contributed by atoms with E-state index in [1.54, 1.807) is 18.2 Å². The van der Waals surface area contributed by atoms with Crippen LogP contribution in [0.5, 0.6) is 5.75 Å². The highest BCUT2D eigenvalue weighted by Crippen LogP contribution is 2.30. The van der Waals surface area contributed by atoms with Crippen molar-refractivity contribution in [2.45, 2.75) is 18.7 Å². The number of alkyl halides is 1. The lowest BCUT2D eigenvalue weighted by Crippen LogP contribution is -1.96. The van der Waals surface area contributed by atoms with Gasteiger partial charge in [-0.25, -0.2) is 4.39 Å². The molecule has 1 rings (SSSR count). The van der Waals surface area contributed by atoms with Crippen molar-refractivity contribution in [1.82, 2.24) is 0 Å². The molecule has 0 aromatic heterocycles. The first kappa shape index (κ1) is 10.3. The highest BCUT2D eigenvalue weighted by Gasteiger charge is 2.14. The summed E-state index contributed by atoms with van der Waals surface area (Å²) in [6.07, 6.45) is 0.700. The second kappa shape index (κ2) is 4.47. The summed E-state index contributed by atoms with van der Waals surface area (Å²) in [5, 5.41) is -0.282. The van der Waals surface area contributed by atoms with E-state index < -0.39 is 0 Å². The SMILES string of the molecule is CCC(Cl)c1cccc(OC)c1F. The molecule has 0 bridgehead atoms. The van der Waals surface area contributed by atoms with Crippen LogP contribution in [0.15, 0.2) is 18.2 Å². The van der Waals surface area contributed by atoms with Crippen molar-refractivity contribution >= 4 is 11.6 Å². The van der Waals surface area contributed by atoms with Crippen LogP contribution in [0.1, 0.15) is 24.3 Å². The molecule has 1 atom stereocenters. The minimum absolute atomic E-state index is 0.247. The second-order valence-corrected chi connectivity index (χ2v) is 3.27. The number of rotatable bonds is 3. The van der Waals surface area contributed by atoms with Gasteiger partial charge in [-0.05, 0) is 12.5 Å². The molecule has 0 aliphatic carbocycles. The smallest absolute Gasteiger partial charge is 0.169 e. The first-order valence-corrected chi connectivity index (χ1v) is 4.60. The Morgan fingerprint density at radius 1 is 1.54 bits per heavy atom. The van der Waals surface area contributed by atoms with Gasteiger partial charge in [0, 0.05) is 5.56 Å². The van der Waals surface area contributed by atoms with Gasteiger partial charge in [0.1, 0.15) is 0 Å². The van der Waals surface area contributed by atoms with Crippen molar-refractivity contribution in [2.75, 3.05) is 7.11 Å². The average Bonchev–Trinajstić information content (AvgIpc) is 2.17. The zero-order chi connectivity index (χ0) is 9.84. The van der Waals surface area contributed by atoms with E-state index in [2.05, 4.69) is 0 Å². The fraction of sp³-hybridized carbons (Fsp3) is 0.400. The number of hydrogen-bond donors (Lipinski definition) is 0. The van der Waals surface area contributed by atoms with Crippen molar-refractivity contribution in [1.29, 1.82) is 0 Å². The van der Waals surface area contributed by atoms with Crippen LogP contribution in [0.4, 0.5) is 4.39 Å². The average molecular weight is 203 g/mol. The molecule has 0 N–H and O–H groups in total.